The van der Waals surface area contributed by atoms with E-state index in [0.29, 0.717) is 16.8 Å². The van der Waals surface area contributed by atoms with Gasteiger partial charge < -0.3 is 14.3 Å². The summed E-state index contributed by atoms with van der Waals surface area (Å²) < 4.78 is 13.4. The number of rotatable bonds is 3. The van der Waals surface area contributed by atoms with Crippen molar-refractivity contribution in [3.05, 3.63) is 39.1 Å². The van der Waals surface area contributed by atoms with Crippen LogP contribution in [0.25, 0.3) is 27.8 Å². The molecule has 0 aliphatic heterocycles. The van der Waals surface area contributed by atoms with Crippen LogP contribution in [0.3, 0.4) is 0 Å². The molecule has 0 aliphatic rings. The summed E-state index contributed by atoms with van der Waals surface area (Å²) >= 11 is 4.96. The Morgan fingerprint density at radius 2 is 2.30 bits per heavy atom. The summed E-state index contributed by atoms with van der Waals surface area (Å²) in [6.07, 6.45) is 0. The van der Waals surface area contributed by atoms with Crippen molar-refractivity contribution in [2.75, 3.05) is 7.11 Å². The number of hydrogen-bond donors (Lipinski definition) is 1. The highest BCUT2D eigenvalue weighted by Crippen LogP contribution is 2.38. The summed E-state index contributed by atoms with van der Waals surface area (Å²) in [5.41, 5.74) is 2.10. The van der Waals surface area contributed by atoms with Gasteiger partial charge in [-0.3, -0.25) is 0 Å². The van der Waals surface area contributed by atoms with Crippen molar-refractivity contribution in [2.24, 2.45) is 0 Å². The first-order valence-corrected chi connectivity index (χ1v) is 8.28. The summed E-state index contributed by atoms with van der Waals surface area (Å²) in [6.45, 7) is 0. The Labute approximate surface area is 142 Å². The minimum absolute atomic E-state index is 0.113. The fourth-order valence-electron chi connectivity index (χ4n) is 2.51. The maximum atomic E-state index is 11.5. The van der Waals surface area contributed by atoms with Crippen LogP contribution in [-0.2, 0) is 0 Å². The number of benzene rings is 1. The van der Waals surface area contributed by atoms with E-state index in [1.54, 1.807) is 17.9 Å². The van der Waals surface area contributed by atoms with Crippen LogP contribution in [0.15, 0.2) is 37.8 Å². The molecule has 0 bridgehead atoms. The van der Waals surface area contributed by atoms with Gasteiger partial charge >= 0.3 is 5.97 Å². The number of methoxy groups -OCH3 is 1. The summed E-state index contributed by atoms with van der Waals surface area (Å²) in [4.78, 5) is 11.5. The number of halogens is 1. The number of carboxylic acid groups (broad SMARTS) is 1. The normalized spacial score (nSPS) is 11.4. The Morgan fingerprint density at radius 3 is 2.96 bits per heavy atom. The van der Waals surface area contributed by atoms with Crippen LogP contribution in [0.4, 0.5) is 0 Å². The minimum Gasteiger partial charge on any atom is -0.495 e. The summed E-state index contributed by atoms with van der Waals surface area (Å²) in [5.74, 6) is -0.519. The number of aromatic nitrogens is 2. The highest BCUT2D eigenvalue weighted by molar-refractivity contribution is 9.10. The van der Waals surface area contributed by atoms with E-state index in [-0.39, 0.29) is 11.3 Å². The number of ether oxygens (including phenoxy) is 1. The van der Waals surface area contributed by atoms with Crippen molar-refractivity contribution in [3.63, 3.8) is 0 Å². The van der Waals surface area contributed by atoms with Crippen LogP contribution >= 0.6 is 27.3 Å². The van der Waals surface area contributed by atoms with E-state index in [4.69, 9.17) is 9.15 Å². The Morgan fingerprint density at radius 1 is 1.48 bits per heavy atom. The third kappa shape index (κ3) is 2.06. The van der Waals surface area contributed by atoms with Gasteiger partial charge in [-0.25, -0.2) is 9.48 Å². The molecule has 0 radical (unpaired) electrons. The number of carboxylic acids is 1. The summed E-state index contributed by atoms with van der Waals surface area (Å²) in [7, 11) is 1.56. The Balaban J connectivity index is 2.15. The lowest BCUT2D eigenvalue weighted by Gasteiger charge is -2.03. The highest BCUT2D eigenvalue weighted by atomic mass is 79.9. The average molecular weight is 393 g/mol. The molecule has 23 heavy (non-hydrogen) atoms. The largest absolute Gasteiger partial charge is 0.495 e. The van der Waals surface area contributed by atoms with Crippen molar-refractivity contribution < 1.29 is 19.1 Å². The third-order valence-corrected chi connectivity index (χ3v) is 4.81. The van der Waals surface area contributed by atoms with Gasteiger partial charge in [0.25, 0.3) is 0 Å². The molecule has 1 aromatic carbocycles. The predicted octanol–water partition coefficient (Wildman–Crippen LogP) is 4.30. The van der Waals surface area contributed by atoms with Gasteiger partial charge in [0, 0.05) is 16.8 Å². The Hall–Kier alpha value is -2.32. The number of aromatic carboxylic acids is 1. The van der Waals surface area contributed by atoms with Crippen LogP contribution in [0, 0.1) is 0 Å². The van der Waals surface area contributed by atoms with Crippen molar-refractivity contribution in [2.45, 2.75) is 0 Å². The SMILES string of the molecule is COc1cc2oc3c(C(=O)O)nn(-c4ccsc4)c3c2cc1Br. The number of hydrogen-bond acceptors (Lipinski definition) is 5. The zero-order valence-electron chi connectivity index (χ0n) is 11.7. The molecule has 116 valence electrons. The van der Waals surface area contributed by atoms with Gasteiger partial charge in [-0.2, -0.15) is 16.4 Å². The molecule has 0 fully saturated rings. The quantitative estimate of drug-likeness (QED) is 0.562. The Kier molecular flexibility index (Phi) is 3.17. The van der Waals surface area contributed by atoms with Gasteiger partial charge in [0.05, 0.1) is 17.3 Å². The zero-order chi connectivity index (χ0) is 16.1. The van der Waals surface area contributed by atoms with E-state index in [1.807, 2.05) is 22.9 Å². The third-order valence-electron chi connectivity index (χ3n) is 3.52. The summed E-state index contributed by atoms with van der Waals surface area (Å²) in [6, 6.07) is 5.44. The molecule has 4 rings (SSSR count). The van der Waals surface area contributed by atoms with E-state index < -0.39 is 5.97 Å². The number of fused-ring (bicyclic) bond motifs is 3. The molecule has 4 aromatic rings. The van der Waals surface area contributed by atoms with Gasteiger partial charge in [-0.15, -0.1) is 0 Å². The smallest absolute Gasteiger partial charge is 0.360 e. The molecule has 6 nitrogen and oxygen atoms in total. The van der Waals surface area contributed by atoms with Crippen molar-refractivity contribution >= 4 is 55.3 Å². The van der Waals surface area contributed by atoms with Gasteiger partial charge in [0.1, 0.15) is 16.8 Å². The van der Waals surface area contributed by atoms with Crippen molar-refractivity contribution in [3.8, 4) is 11.4 Å². The first-order chi connectivity index (χ1) is 11.1. The van der Waals surface area contributed by atoms with Gasteiger partial charge in [-0.05, 0) is 33.4 Å². The predicted molar refractivity (Wildman–Crippen MR) is 89.9 cm³/mol. The lowest BCUT2D eigenvalue weighted by molar-refractivity contribution is 0.0691. The van der Waals surface area contributed by atoms with Crippen LogP contribution in [0.2, 0.25) is 0 Å². The van der Waals surface area contributed by atoms with Crippen molar-refractivity contribution in [1.82, 2.24) is 9.78 Å². The molecular formula is C15H9BrN2O4S. The second kappa shape index (κ2) is 5.10. The second-order valence-electron chi connectivity index (χ2n) is 4.81. The van der Waals surface area contributed by atoms with Crippen LogP contribution in [0.5, 0.6) is 5.75 Å². The number of carbonyl (C=O) groups is 1. The molecule has 3 heterocycles. The van der Waals surface area contributed by atoms with Gasteiger partial charge in [0.15, 0.2) is 5.58 Å². The fraction of sp³-hybridized carbons (Fsp3) is 0.0667. The molecule has 0 aliphatic carbocycles. The van der Waals surface area contributed by atoms with E-state index in [2.05, 4.69) is 21.0 Å². The molecule has 0 atom stereocenters. The second-order valence-corrected chi connectivity index (χ2v) is 6.44. The zero-order valence-corrected chi connectivity index (χ0v) is 14.1. The van der Waals surface area contributed by atoms with Crippen LogP contribution in [0.1, 0.15) is 10.5 Å². The first kappa shape index (κ1) is 14.3. The lowest BCUT2D eigenvalue weighted by Crippen LogP contribution is -2.01. The maximum absolute atomic E-state index is 11.5. The number of nitrogens with zero attached hydrogens (tertiary/aromatic N) is 2. The van der Waals surface area contributed by atoms with Gasteiger partial charge in [0.2, 0.25) is 5.69 Å². The minimum atomic E-state index is -1.13. The topological polar surface area (TPSA) is 77.5 Å². The van der Waals surface area contributed by atoms with Crippen LogP contribution in [-0.4, -0.2) is 28.0 Å². The van der Waals surface area contributed by atoms with E-state index in [9.17, 15) is 9.90 Å². The molecule has 0 spiro atoms. The number of furan rings is 1. The van der Waals surface area contributed by atoms with Gasteiger partial charge in [-0.1, -0.05) is 0 Å². The number of thiophene rings is 1. The molecule has 3 aromatic heterocycles. The monoisotopic (exact) mass is 392 g/mol. The molecular weight excluding hydrogens is 384 g/mol. The lowest BCUT2D eigenvalue weighted by atomic mass is 10.2. The standard InChI is InChI=1S/C15H9BrN2O4S/c1-21-11-5-10-8(4-9(11)16)13-14(22-10)12(15(19)20)17-18(13)7-2-3-23-6-7/h2-6H,1H3,(H,19,20). The average Bonchev–Trinajstić information content (AvgIpc) is 3.21. The molecule has 0 unspecified atom stereocenters. The molecule has 8 heteroatoms. The Bertz CT molecular complexity index is 1050. The van der Waals surface area contributed by atoms with E-state index >= 15 is 0 Å². The molecule has 0 saturated heterocycles. The molecule has 0 saturated carbocycles. The van der Waals surface area contributed by atoms with E-state index in [1.165, 1.54) is 11.3 Å². The van der Waals surface area contributed by atoms with E-state index in [0.717, 1.165) is 15.5 Å². The fourth-order valence-corrected chi connectivity index (χ4v) is 3.63. The van der Waals surface area contributed by atoms with Crippen molar-refractivity contribution in [1.29, 1.82) is 0 Å². The first-order valence-electron chi connectivity index (χ1n) is 6.54. The molecule has 1 N–H and O–H groups in total. The summed E-state index contributed by atoms with van der Waals surface area (Å²) in [5, 5.41) is 18.2. The van der Waals surface area contributed by atoms with Crippen LogP contribution < -0.4 is 4.74 Å². The molecule has 0 amide bonds. The highest BCUT2D eigenvalue weighted by Gasteiger charge is 2.24. The maximum Gasteiger partial charge on any atom is 0.360 e.